The molecule has 0 bridgehead atoms. The number of anilines is 1. The van der Waals surface area contributed by atoms with Gasteiger partial charge < -0.3 is 10.1 Å². The van der Waals surface area contributed by atoms with Gasteiger partial charge in [0.15, 0.2) is 0 Å². The monoisotopic (exact) mass is 252 g/mol. The molecule has 0 fully saturated rings. The van der Waals surface area contributed by atoms with Gasteiger partial charge >= 0.3 is 5.69 Å². The molecule has 1 aromatic rings. The van der Waals surface area contributed by atoms with Crippen LogP contribution in [-0.2, 0) is 4.74 Å². The third-order valence-corrected chi connectivity index (χ3v) is 2.70. The molecule has 0 saturated carbocycles. The number of nitrogens with zero attached hydrogens (tertiary/aromatic N) is 1. The number of halogens is 1. The molecule has 18 heavy (non-hydrogen) atoms. The van der Waals surface area contributed by atoms with Gasteiger partial charge in [-0.3, -0.25) is 10.1 Å². The van der Waals surface area contributed by atoms with Gasteiger partial charge in [-0.25, -0.2) is 0 Å². The van der Waals surface area contributed by atoms with E-state index in [1.54, 1.807) is 6.26 Å². The number of nitro benzene ring substituents is 1. The van der Waals surface area contributed by atoms with E-state index >= 15 is 0 Å². The summed E-state index contributed by atoms with van der Waals surface area (Å²) >= 11 is 0. The van der Waals surface area contributed by atoms with E-state index < -0.39 is 16.4 Å². The van der Waals surface area contributed by atoms with Crippen LogP contribution in [0.3, 0.4) is 0 Å². The summed E-state index contributed by atoms with van der Waals surface area (Å²) in [4.78, 5) is 9.85. The Morgan fingerprint density at radius 3 is 3.06 bits per heavy atom. The molecule has 1 heterocycles. The Kier molecular flexibility index (Phi) is 3.76. The molecule has 5 nitrogen and oxygen atoms in total. The van der Waals surface area contributed by atoms with E-state index in [4.69, 9.17) is 4.74 Å². The molecule has 6 heteroatoms. The summed E-state index contributed by atoms with van der Waals surface area (Å²) in [5.41, 5.74) is -0.00860. The first kappa shape index (κ1) is 12.3. The predicted octanol–water partition coefficient (Wildman–Crippen LogP) is 2.84. The van der Waals surface area contributed by atoms with Gasteiger partial charge in [-0.05, 0) is 31.1 Å². The molecular formula is C12H13FN2O3. The van der Waals surface area contributed by atoms with Gasteiger partial charge in [0.05, 0.1) is 17.7 Å². The highest BCUT2D eigenvalue weighted by Crippen LogP contribution is 2.22. The molecule has 0 aromatic heterocycles. The first-order valence-electron chi connectivity index (χ1n) is 5.65. The van der Waals surface area contributed by atoms with Gasteiger partial charge in [-0.2, -0.15) is 4.39 Å². The quantitative estimate of drug-likeness (QED) is 0.661. The molecule has 0 spiro atoms. The minimum atomic E-state index is -0.831. The lowest BCUT2D eigenvalue weighted by Gasteiger charge is -2.20. The number of allylic oxidation sites excluding steroid dienone is 1. The standard InChI is InChI=1S/C12H13FN2O3/c13-11-5-4-9(7-12(11)15(16)17)14-8-10-3-1-2-6-18-10/h2,4-7,10,14H,1,3,8H2. The topological polar surface area (TPSA) is 64.4 Å². The van der Waals surface area contributed by atoms with E-state index in [1.165, 1.54) is 12.1 Å². The fourth-order valence-electron chi connectivity index (χ4n) is 1.73. The molecule has 1 N–H and O–H groups in total. The van der Waals surface area contributed by atoms with Gasteiger partial charge in [0.2, 0.25) is 5.82 Å². The molecule has 1 aromatic carbocycles. The lowest BCUT2D eigenvalue weighted by Crippen LogP contribution is -2.23. The lowest BCUT2D eigenvalue weighted by atomic mass is 10.1. The Labute approximate surface area is 103 Å². The maximum Gasteiger partial charge on any atom is 0.306 e. The van der Waals surface area contributed by atoms with Crippen LogP contribution in [0.1, 0.15) is 12.8 Å². The highest BCUT2D eigenvalue weighted by atomic mass is 19.1. The van der Waals surface area contributed by atoms with Crippen molar-refractivity contribution in [1.82, 2.24) is 0 Å². The molecule has 0 radical (unpaired) electrons. The molecule has 0 saturated heterocycles. The summed E-state index contributed by atoms with van der Waals surface area (Å²) < 4.78 is 18.5. The van der Waals surface area contributed by atoms with E-state index in [1.807, 2.05) is 6.08 Å². The van der Waals surface area contributed by atoms with Crippen LogP contribution < -0.4 is 5.32 Å². The maximum atomic E-state index is 13.1. The largest absolute Gasteiger partial charge is 0.497 e. The van der Waals surface area contributed by atoms with Crippen LogP contribution >= 0.6 is 0 Å². The predicted molar refractivity (Wildman–Crippen MR) is 64.8 cm³/mol. The SMILES string of the molecule is O=[N+]([O-])c1cc(NCC2CCC=CO2)ccc1F. The minimum absolute atomic E-state index is 0.0408. The molecular weight excluding hydrogens is 239 g/mol. The van der Waals surface area contributed by atoms with Crippen LogP contribution in [0, 0.1) is 15.9 Å². The van der Waals surface area contributed by atoms with Gasteiger partial charge in [0.1, 0.15) is 6.10 Å². The summed E-state index contributed by atoms with van der Waals surface area (Å²) in [6.07, 6.45) is 5.49. The number of hydrogen-bond acceptors (Lipinski definition) is 4. The molecule has 1 atom stereocenters. The van der Waals surface area contributed by atoms with E-state index in [-0.39, 0.29) is 6.10 Å². The van der Waals surface area contributed by atoms with Crippen molar-refractivity contribution in [3.05, 3.63) is 46.5 Å². The average Bonchev–Trinajstić information content (AvgIpc) is 2.38. The van der Waals surface area contributed by atoms with Crippen LogP contribution in [-0.4, -0.2) is 17.6 Å². The van der Waals surface area contributed by atoms with Gasteiger partial charge in [-0.1, -0.05) is 0 Å². The fraction of sp³-hybridized carbons (Fsp3) is 0.333. The highest BCUT2D eigenvalue weighted by molar-refractivity contribution is 5.51. The lowest BCUT2D eigenvalue weighted by molar-refractivity contribution is -0.387. The second kappa shape index (κ2) is 5.48. The number of nitro groups is 1. The van der Waals surface area contributed by atoms with E-state index in [9.17, 15) is 14.5 Å². The second-order valence-electron chi connectivity index (χ2n) is 4.01. The van der Waals surface area contributed by atoms with E-state index in [2.05, 4.69) is 5.32 Å². The zero-order chi connectivity index (χ0) is 13.0. The van der Waals surface area contributed by atoms with Gasteiger partial charge in [-0.15, -0.1) is 0 Å². The maximum absolute atomic E-state index is 13.1. The Balaban J connectivity index is 1.99. The molecule has 1 aliphatic heterocycles. The summed E-state index contributed by atoms with van der Waals surface area (Å²) in [5.74, 6) is -0.831. The number of ether oxygens (including phenoxy) is 1. The summed E-state index contributed by atoms with van der Waals surface area (Å²) in [7, 11) is 0. The fourth-order valence-corrected chi connectivity index (χ4v) is 1.73. The number of rotatable bonds is 4. The van der Waals surface area contributed by atoms with Crippen LogP contribution in [0.5, 0.6) is 0 Å². The van der Waals surface area contributed by atoms with Crippen LogP contribution in [0.2, 0.25) is 0 Å². The van der Waals surface area contributed by atoms with Crippen molar-refractivity contribution in [2.45, 2.75) is 18.9 Å². The molecule has 1 unspecified atom stereocenters. The van der Waals surface area contributed by atoms with Gasteiger partial charge in [0, 0.05) is 11.8 Å². The Bertz CT molecular complexity index is 476. The second-order valence-corrected chi connectivity index (χ2v) is 4.01. The third kappa shape index (κ3) is 2.97. The summed E-state index contributed by atoms with van der Waals surface area (Å²) in [6, 6.07) is 3.75. The molecule has 96 valence electrons. The van der Waals surface area contributed by atoms with Crippen LogP contribution in [0.4, 0.5) is 15.8 Å². The zero-order valence-electron chi connectivity index (χ0n) is 9.64. The van der Waals surface area contributed by atoms with Crippen LogP contribution in [0.25, 0.3) is 0 Å². The Hall–Kier alpha value is -2.11. The first-order valence-corrected chi connectivity index (χ1v) is 5.65. The normalized spacial score (nSPS) is 18.2. The van der Waals surface area contributed by atoms with Crippen LogP contribution in [0.15, 0.2) is 30.5 Å². The van der Waals surface area contributed by atoms with Crippen molar-refractivity contribution in [2.75, 3.05) is 11.9 Å². The molecule has 0 aliphatic carbocycles. The highest BCUT2D eigenvalue weighted by Gasteiger charge is 2.15. The third-order valence-electron chi connectivity index (χ3n) is 2.70. The van der Waals surface area contributed by atoms with Crippen molar-refractivity contribution >= 4 is 11.4 Å². The molecule has 2 rings (SSSR count). The van der Waals surface area contributed by atoms with Gasteiger partial charge in [0.25, 0.3) is 0 Å². The van der Waals surface area contributed by atoms with Crippen molar-refractivity contribution in [1.29, 1.82) is 0 Å². The Morgan fingerprint density at radius 2 is 2.39 bits per heavy atom. The zero-order valence-corrected chi connectivity index (χ0v) is 9.64. The van der Waals surface area contributed by atoms with Crippen molar-refractivity contribution in [3.63, 3.8) is 0 Å². The van der Waals surface area contributed by atoms with E-state index in [0.29, 0.717) is 12.2 Å². The first-order chi connectivity index (χ1) is 8.66. The smallest absolute Gasteiger partial charge is 0.306 e. The Morgan fingerprint density at radius 1 is 1.56 bits per heavy atom. The molecule has 0 amide bonds. The van der Waals surface area contributed by atoms with Crippen molar-refractivity contribution in [3.8, 4) is 0 Å². The van der Waals surface area contributed by atoms with E-state index in [0.717, 1.165) is 18.9 Å². The molecule has 1 aliphatic rings. The van der Waals surface area contributed by atoms with Crippen molar-refractivity contribution in [2.24, 2.45) is 0 Å². The minimum Gasteiger partial charge on any atom is -0.497 e. The number of benzene rings is 1. The van der Waals surface area contributed by atoms with Crippen molar-refractivity contribution < 1.29 is 14.1 Å². The summed E-state index contributed by atoms with van der Waals surface area (Å²) in [5, 5.41) is 13.6. The number of hydrogen-bond donors (Lipinski definition) is 1. The number of nitrogens with one attached hydrogen (secondary N) is 1. The summed E-state index contributed by atoms with van der Waals surface area (Å²) in [6.45, 7) is 0.535. The average molecular weight is 252 g/mol.